The van der Waals surface area contributed by atoms with E-state index in [1.807, 2.05) is 23.1 Å². The highest BCUT2D eigenvalue weighted by molar-refractivity contribution is 6.74. The molecule has 1 fully saturated rings. The molecular weight excluding hydrogens is 290 g/mol. The summed E-state index contributed by atoms with van der Waals surface area (Å²) in [5.74, 6) is 0.257. The van der Waals surface area contributed by atoms with Crippen LogP contribution in [-0.2, 0) is 15.8 Å². The van der Waals surface area contributed by atoms with Crippen molar-refractivity contribution < 1.29 is 9.22 Å². The number of carbonyl (C=O) groups is 1. The highest BCUT2D eigenvalue weighted by Crippen LogP contribution is 2.37. The third kappa shape index (κ3) is 3.99. The van der Waals surface area contributed by atoms with Crippen molar-refractivity contribution in [3.05, 3.63) is 35.9 Å². The van der Waals surface area contributed by atoms with Crippen molar-refractivity contribution in [1.82, 2.24) is 4.90 Å². The van der Waals surface area contributed by atoms with Crippen LogP contribution >= 0.6 is 0 Å². The van der Waals surface area contributed by atoms with Crippen LogP contribution in [0.2, 0.25) is 18.1 Å². The molecule has 1 unspecified atom stereocenters. The Balaban J connectivity index is 1.99. The lowest BCUT2D eigenvalue weighted by atomic mass is 10.2. The van der Waals surface area contributed by atoms with E-state index in [0.717, 1.165) is 6.42 Å². The first-order valence-corrected chi connectivity index (χ1v) is 11.1. The monoisotopic (exact) mass is 319 g/mol. The number of nitrogens with zero attached hydrogens (tertiary/aromatic N) is 1. The first kappa shape index (κ1) is 17.2. The van der Waals surface area contributed by atoms with Crippen LogP contribution in [0.3, 0.4) is 0 Å². The Morgan fingerprint density at radius 1 is 1.23 bits per heavy atom. The van der Waals surface area contributed by atoms with Gasteiger partial charge in [0, 0.05) is 13.0 Å². The van der Waals surface area contributed by atoms with Crippen LogP contribution in [-0.4, -0.2) is 31.8 Å². The summed E-state index contributed by atoms with van der Waals surface area (Å²) in [4.78, 5) is 14.2. The van der Waals surface area contributed by atoms with Crippen LogP contribution in [0.5, 0.6) is 0 Å². The molecule has 0 saturated carbocycles. The standard InChI is InChI=1S/C18H29NO2Si/c1-18(2,3)22(4,5)21-14-16-11-12-17(20)19(16)13-15-9-7-6-8-10-15/h6-10,16H,11-14H2,1-5H3. The third-order valence-electron chi connectivity index (χ3n) is 5.09. The highest BCUT2D eigenvalue weighted by atomic mass is 28.4. The average Bonchev–Trinajstić information content (AvgIpc) is 2.78. The Hall–Kier alpha value is -1.13. The molecular formula is C18H29NO2Si. The van der Waals surface area contributed by atoms with Gasteiger partial charge >= 0.3 is 0 Å². The smallest absolute Gasteiger partial charge is 0.223 e. The minimum Gasteiger partial charge on any atom is -0.415 e. The molecule has 4 heteroatoms. The molecule has 1 amide bonds. The van der Waals surface area contributed by atoms with Crippen LogP contribution in [0.25, 0.3) is 0 Å². The number of hydrogen-bond acceptors (Lipinski definition) is 2. The zero-order chi connectivity index (χ0) is 16.4. The second-order valence-electron chi connectivity index (χ2n) is 7.77. The van der Waals surface area contributed by atoms with Gasteiger partial charge in [0.2, 0.25) is 5.91 Å². The largest absolute Gasteiger partial charge is 0.415 e. The number of amides is 1. The first-order chi connectivity index (χ1) is 10.2. The van der Waals surface area contributed by atoms with Crippen molar-refractivity contribution in [2.24, 2.45) is 0 Å². The zero-order valence-electron chi connectivity index (χ0n) is 14.6. The first-order valence-electron chi connectivity index (χ1n) is 8.18. The lowest BCUT2D eigenvalue weighted by Gasteiger charge is -2.38. The molecule has 2 rings (SSSR count). The topological polar surface area (TPSA) is 29.5 Å². The molecule has 0 aromatic heterocycles. The van der Waals surface area contributed by atoms with Crippen molar-refractivity contribution in [3.63, 3.8) is 0 Å². The highest BCUT2D eigenvalue weighted by Gasteiger charge is 2.39. The van der Waals surface area contributed by atoms with Crippen LogP contribution < -0.4 is 0 Å². The Labute approximate surface area is 135 Å². The summed E-state index contributed by atoms with van der Waals surface area (Å²) in [6, 6.07) is 10.4. The summed E-state index contributed by atoms with van der Waals surface area (Å²) in [7, 11) is -1.75. The van der Waals surface area contributed by atoms with E-state index >= 15 is 0 Å². The van der Waals surface area contributed by atoms with Gasteiger partial charge in [0.05, 0.1) is 12.6 Å². The maximum absolute atomic E-state index is 12.2. The van der Waals surface area contributed by atoms with Crippen molar-refractivity contribution in [2.75, 3.05) is 6.61 Å². The van der Waals surface area contributed by atoms with E-state index < -0.39 is 8.32 Å². The summed E-state index contributed by atoms with van der Waals surface area (Å²) in [5, 5.41) is 0.208. The summed E-state index contributed by atoms with van der Waals surface area (Å²) in [6.45, 7) is 12.7. The molecule has 1 aromatic rings. The minimum absolute atomic E-state index is 0.208. The van der Waals surface area contributed by atoms with Crippen molar-refractivity contribution in [3.8, 4) is 0 Å². The predicted octanol–water partition coefficient (Wildman–Crippen LogP) is 4.20. The van der Waals surface area contributed by atoms with Crippen LogP contribution in [0.15, 0.2) is 30.3 Å². The third-order valence-corrected chi connectivity index (χ3v) is 9.59. The van der Waals surface area contributed by atoms with Gasteiger partial charge < -0.3 is 9.33 Å². The van der Waals surface area contributed by atoms with Crippen molar-refractivity contribution >= 4 is 14.2 Å². The van der Waals surface area contributed by atoms with Crippen molar-refractivity contribution in [1.29, 1.82) is 0 Å². The van der Waals surface area contributed by atoms with Crippen LogP contribution in [0, 0.1) is 0 Å². The Morgan fingerprint density at radius 3 is 2.45 bits per heavy atom. The van der Waals surface area contributed by atoms with Crippen molar-refractivity contribution in [2.45, 2.75) is 64.3 Å². The van der Waals surface area contributed by atoms with Gasteiger partial charge in [-0.05, 0) is 30.1 Å². The summed E-state index contributed by atoms with van der Waals surface area (Å²) < 4.78 is 6.34. The SMILES string of the molecule is CC(C)(C)[Si](C)(C)OCC1CCC(=O)N1Cc1ccccc1. The fraction of sp³-hybridized carbons (Fsp3) is 0.611. The van der Waals surface area contributed by atoms with E-state index in [9.17, 15) is 4.79 Å². The van der Waals surface area contributed by atoms with E-state index in [-0.39, 0.29) is 17.0 Å². The van der Waals surface area contributed by atoms with E-state index in [4.69, 9.17) is 4.43 Å². The normalized spacial score (nSPS) is 19.8. The fourth-order valence-corrected chi connectivity index (χ4v) is 3.53. The van der Waals surface area contributed by atoms with Gasteiger partial charge in [0.1, 0.15) is 0 Å². The number of carbonyl (C=O) groups excluding carboxylic acids is 1. The lowest BCUT2D eigenvalue weighted by Crippen LogP contribution is -2.45. The van der Waals surface area contributed by atoms with Gasteiger partial charge in [-0.1, -0.05) is 51.1 Å². The van der Waals surface area contributed by atoms with Gasteiger partial charge in [-0.25, -0.2) is 0 Å². The average molecular weight is 320 g/mol. The molecule has 0 spiro atoms. The molecule has 122 valence electrons. The van der Waals surface area contributed by atoms with E-state index in [1.165, 1.54) is 5.56 Å². The Kier molecular flexibility index (Phi) is 5.13. The number of rotatable bonds is 5. The van der Waals surface area contributed by atoms with E-state index in [2.05, 4.69) is 46.0 Å². The van der Waals surface area contributed by atoms with Gasteiger partial charge in [0.25, 0.3) is 0 Å². The maximum atomic E-state index is 12.2. The molecule has 0 aliphatic carbocycles. The number of likely N-dealkylation sites (tertiary alicyclic amines) is 1. The van der Waals surface area contributed by atoms with Crippen LogP contribution in [0.4, 0.5) is 0 Å². The number of hydrogen-bond donors (Lipinski definition) is 0. The molecule has 22 heavy (non-hydrogen) atoms. The van der Waals surface area contributed by atoms with Crippen LogP contribution in [0.1, 0.15) is 39.2 Å². The molecule has 1 aromatic carbocycles. The van der Waals surface area contributed by atoms with E-state index in [0.29, 0.717) is 19.6 Å². The van der Waals surface area contributed by atoms with Gasteiger partial charge in [-0.3, -0.25) is 4.79 Å². The molecule has 1 atom stereocenters. The molecule has 1 aliphatic heterocycles. The predicted molar refractivity (Wildman–Crippen MR) is 93.2 cm³/mol. The lowest BCUT2D eigenvalue weighted by molar-refractivity contribution is -0.130. The molecule has 1 aliphatic rings. The van der Waals surface area contributed by atoms with Gasteiger partial charge in [-0.2, -0.15) is 0 Å². The second kappa shape index (κ2) is 6.55. The molecule has 3 nitrogen and oxygen atoms in total. The van der Waals surface area contributed by atoms with E-state index in [1.54, 1.807) is 0 Å². The van der Waals surface area contributed by atoms with Gasteiger partial charge in [-0.15, -0.1) is 0 Å². The molecule has 1 heterocycles. The zero-order valence-corrected chi connectivity index (χ0v) is 15.6. The summed E-state index contributed by atoms with van der Waals surface area (Å²) in [6.07, 6.45) is 1.57. The number of benzene rings is 1. The quantitative estimate of drug-likeness (QED) is 0.761. The molecule has 1 saturated heterocycles. The maximum Gasteiger partial charge on any atom is 0.223 e. The van der Waals surface area contributed by atoms with Gasteiger partial charge in [0.15, 0.2) is 8.32 Å². The fourth-order valence-electron chi connectivity index (χ4n) is 2.48. The molecule has 0 bridgehead atoms. The Morgan fingerprint density at radius 2 is 1.86 bits per heavy atom. The molecule has 0 N–H and O–H groups in total. The summed E-state index contributed by atoms with van der Waals surface area (Å²) in [5.41, 5.74) is 1.19. The summed E-state index contributed by atoms with van der Waals surface area (Å²) >= 11 is 0. The second-order valence-corrected chi connectivity index (χ2v) is 12.6. The Bertz CT molecular complexity index is 508. The minimum atomic E-state index is -1.75. The molecule has 0 radical (unpaired) electrons.